The number of ether oxygens (including phenoxy) is 1. The summed E-state index contributed by atoms with van der Waals surface area (Å²) in [6, 6.07) is 1.12. The summed E-state index contributed by atoms with van der Waals surface area (Å²) in [5.74, 6) is 0. The van der Waals surface area contributed by atoms with Crippen LogP contribution in [-0.2, 0) is 4.74 Å². The molecule has 0 aromatic heterocycles. The average Bonchev–Trinajstić information content (AvgIpc) is 2.28. The monoisotopic (exact) mass is 224 g/mol. The van der Waals surface area contributed by atoms with Crippen molar-refractivity contribution in [3.63, 3.8) is 0 Å². The standard InChI is InChI=1S/C13H24N2O/c14-11-3-1-2-4-12(11)15-9-13(10-15)5-7-16-8-6-13/h11-12H,1-10,14H2. The highest BCUT2D eigenvalue weighted by Gasteiger charge is 2.47. The van der Waals surface area contributed by atoms with Crippen LogP contribution in [0.3, 0.4) is 0 Å². The molecule has 0 aromatic carbocycles. The highest BCUT2D eigenvalue weighted by Crippen LogP contribution is 2.42. The van der Waals surface area contributed by atoms with Gasteiger partial charge in [0.1, 0.15) is 0 Å². The smallest absolute Gasteiger partial charge is 0.0472 e. The predicted molar refractivity (Wildman–Crippen MR) is 64.3 cm³/mol. The van der Waals surface area contributed by atoms with E-state index in [1.165, 1.54) is 51.6 Å². The Labute approximate surface area is 98.3 Å². The first-order valence-corrected chi connectivity index (χ1v) is 6.87. The second kappa shape index (κ2) is 4.28. The zero-order valence-corrected chi connectivity index (χ0v) is 10.2. The average molecular weight is 224 g/mol. The molecule has 92 valence electrons. The summed E-state index contributed by atoms with van der Waals surface area (Å²) in [5.41, 5.74) is 6.85. The van der Waals surface area contributed by atoms with Crippen molar-refractivity contribution >= 4 is 0 Å². The Morgan fingerprint density at radius 3 is 2.44 bits per heavy atom. The van der Waals surface area contributed by atoms with Gasteiger partial charge in [-0.25, -0.2) is 0 Å². The summed E-state index contributed by atoms with van der Waals surface area (Å²) in [7, 11) is 0. The maximum atomic E-state index is 6.24. The van der Waals surface area contributed by atoms with E-state index in [1.54, 1.807) is 0 Å². The van der Waals surface area contributed by atoms with Gasteiger partial charge in [0.25, 0.3) is 0 Å². The molecule has 1 spiro atoms. The predicted octanol–water partition coefficient (Wildman–Crippen LogP) is 1.37. The molecule has 3 heteroatoms. The van der Waals surface area contributed by atoms with Crippen LogP contribution in [0.1, 0.15) is 38.5 Å². The van der Waals surface area contributed by atoms with Gasteiger partial charge in [-0.2, -0.15) is 0 Å². The van der Waals surface area contributed by atoms with Crippen molar-refractivity contribution in [3.8, 4) is 0 Å². The molecule has 1 saturated carbocycles. The van der Waals surface area contributed by atoms with Gasteiger partial charge >= 0.3 is 0 Å². The first-order chi connectivity index (χ1) is 7.79. The molecule has 0 amide bonds. The van der Waals surface area contributed by atoms with E-state index in [2.05, 4.69) is 4.90 Å². The number of rotatable bonds is 1. The number of hydrogen-bond acceptors (Lipinski definition) is 3. The minimum Gasteiger partial charge on any atom is -0.381 e. The van der Waals surface area contributed by atoms with Gasteiger partial charge in [0, 0.05) is 43.8 Å². The van der Waals surface area contributed by atoms with Crippen LogP contribution >= 0.6 is 0 Å². The van der Waals surface area contributed by atoms with E-state index in [4.69, 9.17) is 10.5 Å². The van der Waals surface area contributed by atoms with E-state index in [1.807, 2.05) is 0 Å². The molecule has 3 aliphatic rings. The molecule has 0 bridgehead atoms. The van der Waals surface area contributed by atoms with Crippen LogP contribution in [0, 0.1) is 5.41 Å². The van der Waals surface area contributed by atoms with Crippen molar-refractivity contribution in [1.29, 1.82) is 0 Å². The molecule has 2 N–H and O–H groups in total. The molecule has 2 aliphatic heterocycles. The number of nitrogens with two attached hydrogens (primary N) is 1. The quantitative estimate of drug-likeness (QED) is 0.731. The Morgan fingerprint density at radius 1 is 1.06 bits per heavy atom. The van der Waals surface area contributed by atoms with Crippen LogP contribution in [0.5, 0.6) is 0 Å². The molecule has 1 aliphatic carbocycles. The van der Waals surface area contributed by atoms with Crippen LogP contribution in [0.15, 0.2) is 0 Å². The first kappa shape index (κ1) is 11.0. The van der Waals surface area contributed by atoms with E-state index >= 15 is 0 Å². The SMILES string of the molecule is NC1CCCCC1N1CC2(CCOCC2)C1. The van der Waals surface area contributed by atoms with Gasteiger partial charge in [-0.15, -0.1) is 0 Å². The Kier molecular flexibility index (Phi) is 2.94. The number of likely N-dealkylation sites (tertiary alicyclic amines) is 1. The normalized spacial score (nSPS) is 39.6. The Hall–Kier alpha value is -0.120. The summed E-state index contributed by atoms with van der Waals surface area (Å²) in [6.07, 6.45) is 7.82. The van der Waals surface area contributed by atoms with Gasteiger partial charge in [-0.1, -0.05) is 12.8 Å². The number of hydrogen-bond donors (Lipinski definition) is 1. The van der Waals surface area contributed by atoms with Crippen molar-refractivity contribution in [3.05, 3.63) is 0 Å². The fourth-order valence-corrected chi connectivity index (χ4v) is 3.76. The second-order valence-electron chi connectivity index (χ2n) is 6.03. The van der Waals surface area contributed by atoms with Crippen LogP contribution < -0.4 is 5.73 Å². The highest BCUT2D eigenvalue weighted by atomic mass is 16.5. The van der Waals surface area contributed by atoms with E-state index < -0.39 is 0 Å². The summed E-state index contributed by atoms with van der Waals surface area (Å²) < 4.78 is 5.46. The third-order valence-electron chi connectivity index (χ3n) is 4.88. The minimum atomic E-state index is 0.436. The lowest BCUT2D eigenvalue weighted by molar-refractivity contribution is -0.104. The van der Waals surface area contributed by atoms with Crippen molar-refractivity contribution in [2.75, 3.05) is 26.3 Å². The van der Waals surface area contributed by atoms with Crippen LogP contribution in [-0.4, -0.2) is 43.3 Å². The highest BCUT2D eigenvalue weighted by molar-refractivity contribution is 5.01. The molecule has 0 aromatic rings. The Morgan fingerprint density at radius 2 is 1.75 bits per heavy atom. The summed E-state index contributed by atoms with van der Waals surface area (Å²) in [5, 5.41) is 0. The molecule has 2 atom stereocenters. The van der Waals surface area contributed by atoms with Crippen molar-refractivity contribution in [2.24, 2.45) is 11.1 Å². The van der Waals surface area contributed by atoms with E-state index in [0.29, 0.717) is 17.5 Å². The molecule has 2 unspecified atom stereocenters. The molecule has 0 radical (unpaired) electrons. The van der Waals surface area contributed by atoms with E-state index in [0.717, 1.165) is 13.2 Å². The lowest BCUT2D eigenvalue weighted by Gasteiger charge is -2.56. The summed E-state index contributed by atoms with van der Waals surface area (Å²) in [6.45, 7) is 4.53. The summed E-state index contributed by atoms with van der Waals surface area (Å²) in [4.78, 5) is 2.65. The maximum absolute atomic E-state index is 6.24. The second-order valence-corrected chi connectivity index (χ2v) is 6.03. The molecular formula is C13H24N2O. The fourth-order valence-electron chi connectivity index (χ4n) is 3.76. The van der Waals surface area contributed by atoms with Crippen molar-refractivity contribution < 1.29 is 4.74 Å². The maximum Gasteiger partial charge on any atom is 0.0472 e. The molecule has 3 fully saturated rings. The fraction of sp³-hybridized carbons (Fsp3) is 1.00. The number of nitrogens with zero attached hydrogens (tertiary/aromatic N) is 1. The van der Waals surface area contributed by atoms with Gasteiger partial charge in [-0.05, 0) is 25.7 Å². The van der Waals surface area contributed by atoms with Gasteiger partial charge in [0.05, 0.1) is 0 Å². The zero-order valence-electron chi connectivity index (χ0n) is 10.2. The topological polar surface area (TPSA) is 38.5 Å². The van der Waals surface area contributed by atoms with Crippen LogP contribution in [0.4, 0.5) is 0 Å². The van der Waals surface area contributed by atoms with Gasteiger partial charge < -0.3 is 10.5 Å². The van der Waals surface area contributed by atoms with Gasteiger partial charge in [-0.3, -0.25) is 4.90 Å². The molecule has 16 heavy (non-hydrogen) atoms. The molecule has 3 nitrogen and oxygen atoms in total. The van der Waals surface area contributed by atoms with Crippen LogP contribution in [0.2, 0.25) is 0 Å². The zero-order chi connectivity index (χ0) is 11.0. The first-order valence-electron chi connectivity index (χ1n) is 6.87. The molecule has 2 saturated heterocycles. The minimum absolute atomic E-state index is 0.436. The lowest BCUT2D eigenvalue weighted by atomic mass is 9.71. The molecular weight excluding hydrogens is 200 g/mol. The van der Waals surface area contributed by atoms with Crippen molar-refractivity contribution in [1.82, 2.24) is 4.90 Å². The van der Waals surface area contributed by atoms with Crippen molar-refractivity contribution in [2.45, 2.75) is 50.6 Å². The molecule has 3 rings (SSSR count). The Bertz CT molecular complexity index is 242. The summed E-state index contributed by atoms with van der Waals surface area (Å²) >= 11 is 0. The van der Waals surface area contributed by atoms with Gasteiger partial charge in [0.15, 0.2) is 0 Å². The van der Waals surface area contributed by atoms with Gasteiger partial charge in [0.2, 0.25) is 0 Å². The van der Waals surface area contributed by atoms with Crippen LogP contribution in [0.25, 0.3) is 0 Å². The Balaban J connectivity index is 1.55. The molecule has 2 heterocycles. The lowest BCUT2D eigenvalue weighted by Crippen LogP contribution is -2.65. The largest absolute Gasteiger partial charge is 0.381 e. The van der Waals surface area contributed by atoms with E-state index in [9.17, 15) is 0 Å². The third-order valence-corrected chi connectivity index (χ3v) is 4.88. The van der Waals surface area contributed by atoms with E-state index in [-0.39, 0.29) is 0 Å². The third kappa shape index (κ3) is 1.89.